The molecule has 2 aromatic rings. The third-order valence-corrected chi connectivity index (χ3v) is 3.88. The number of nitrogens with one attached hydrogen (secondary N) is 1. The molecule has 7 nitrogen and oxygen atoms in total. The first-order valence-corrected chi connectivity index (χ1v) is 7.03. The highest BCUT2D eigenvalue weighted by atomic mass is 35.5. The van der Waals surface area contributed by atoms with Gasteiger partial charge in [-0.25, -0.2) is 4.68 Å². The van der Waals surface area contributed by atoms with Crippen LogP contribution < -0.4 is 5.32 Å². The van der Waals surface area contributed by atoms with Crippen LogP contribution in [0, 0.1) is 0 Å². The third-order valence-electron chi connectivity index (χ3n) is 3.88. The number of tetrazole rings is 1. The molecule has 1 aliphatic heterocycles. The van der Waals surface area contributed by atoms with Gasteiger partial charge in [0.2, 0.25) is 5.91 Å². The van der Waals surface area contributed by atoms with E-state index in [0.29, 0.717) is 12.5 Å². The summed E-state index contributed by atoms with van der Waals surface area (Å²) in [7, 11) is 1.88. The minimum Gasteiger partial charge on any atom is -0.341 e. The number of amides is 1. The number of rotatable bonds is 4. The lowest BCUT2D eigenvalue weighted by molar-refractivity contribution is -0.130. The lowest BCUT2D eigenvalue weighted by Gasteiger charge is -2.23. The van der Waals surface area contributed by atoms with E-state index in [-0.39, 0.29) is 18.3 Å². The monoisotopic (exact) mass is 322 g/mol. The number of hydrogen-bond donors (Lipinski definition) is 1. The summed E-state index contributed by atoms with van der Waals surface area (Å²) in [4.78, 5) is 14.1. The fraction of sp³-hybridized carbons (Fsp3) is 0.429. The van der Waals surface area contributed by atoms with Crippen molar-refractivity contribution in [3.8, 4) is 5.69 Å². The van der Waals surface area contributed by atoms with Crippen LogP contribution in [0.25, 0.3) is 5.69 Å². The van der Waals surface area contributed by atoms with Crippen molar-refractivity contribution in [1.82, 2.24) is 30.4 Å². The van der Waals surface area contributed by atoms with Crippen molar-refractivity contribution >= 4 is 18.3 Å². The van der Waals surface area contributed by atoms with Gasteiger partial charge in [0.1, 0.15) is 6.33 Å². The molecule has 8 heteroatoms. The number of hydrogen-bond acceptors (Lipinski definition) is 5. The van der Waals surface area contributed by atoms with E-state index in [0.717, 1.165) is 30.8 Å². The number of carbonyl (C=O) groups is 1. The molecular weight excluding hydrogens is 304 g/mol. The van der Waals surface area contributed by atoms with Gasteiger partial charge in [-0.2, -0.15) is 0 Å². The maximum absolute atomic E-state index is 12.3. The van der Waals surface area contributed by atoms with Crippen molar-refractivity contribution in [2.45, 2.75) is 18.9 Å². The molecule has 3 rings (SSSR count). The number of halogens is 1. The Morgan fingerprint density at radius 2 is 2.18 bits per heavy atom. The van der Waals surface area contributed by atoms with Gasteiger partial charge in [0, 0.05) is 19.6 Å². The Bertz CT molecular complexity index is 594. The molecular formula is C14H19ClN6O. The molecule has 0 aliphatic carbocycles. The van der Waals surface area contributed by atoms with Gasteiger partial charge >= 0.3 is 0 Å². The van der Waals surface area contributed by atoms with Gasteiger partial charge in [-0.05, 0) is 41.1 Å². The van der Waals surface area contributed by atoms with Crippen LogP contribution in [0.5, 0.6) is 0 Å². The Morgan fingerprint density at radius 1 is 1.41 bits per heavy atom. The van der Waals surface area contributed by atoms with Gasteiger partial charge in [-0.1, -0.05) is 12.1 Å². The highest BCUT2D eigenvalue weighted by molar-refractivity contribution is 5.85. The number of benzene rings is 1. The maximum Gasteiger partial charge on any atom is 0.227 e. The molecule has 0 saturated carbocycles. The largest absolute Gasteiger partial charge is 0.341 e. The van der Waals surface area contributed by atoms with E-state index in [1.54, 1.807) is 11.0 Å². The first-order chi connectivity index (χ1) is 10.2. The van der Waals surface area contributed by atoms with E-state index in [1.807, 2.05) is 36.2 Å². The average Bonchev–Trinajstić information content (AvgIpc) is 3.20. The van der Waals surface area contributed by atoms with Gasteiger partial charge < -0.3 is 10.2 Å². The van der Waals surface area contributed by atoms with E-state index in [9.17, 15) is 4.79 Å². The number of nitrogens with zero attached hydrogens (tertiary/aromatic N) is 5. The highest BCUT2D eigenvalue weighted by Gasteiger charge is 2.22. The normalized spacial score (nSPS) is 17.0. The van der Waals surface area contributed by atoms with Crippen molar-refractivity contribution in [3.63, 3.8) is 0 Å². The van der Waals surface area contributed by atoms with E-state index in [4.69, 9.17) is 0 Å². The predicted molar refractivity (Wildman–Crippen MR) is 84.2 cm³/mol. The van der Waals surface area contributed by atoms with Crippen LogP contribution in [0.15, 0.2) is 30.6 Å². The van der Waals surface area contributed by atoms with Crippen LogP contribution in [0.4, 0.5) is 0 Å². The Kier molecular flexibility index (Phi) is 5.46. The molecule has 1 aliphatic rings. The van der Waals surface area contributed by atoms with Crippen molar-refractivity contribution < 1.29 is 4.79 Å². The van der Waals surface area contributed by atoms with Crippen LogP contribution in [0.2, 0.25) is 0 Å². The summed E-state index contributed by atoms with van der Waals surface area (Å²) in [6.45, 7) is 1.88. The van der Waals surface area contributed by atoms with Crippen LogP contribution in [0.1, 0.15) is 12.0 Å². The van der Waals surface area contributed by atoms with Crippen LogP contribution in [-0.4, -0.2) is 57.2 Å². The van der Waals surface area contributed by atoms with Gasteiger partial charge in [-0.3, -0.25) is 4.79 Å². The second-order valence-corrected chi connectivity index (χ2v) is 5.25. The zero-order valence-electron chi connectivity index (χ0n) is 12.3. The summed E-state index contributed by atoms with van der Waals surface area (Å²) in [6, 6.07) is 8.02. The molecule has 1 amide bonds. The summed E-state index contributed by atoms with van der Waals surface area (Å²) < 4.78 is 1.59. The van der Waals surface area contributed by atoms with Gasteiger partial charge in [-0.15, -0.1) is 17.5 Å². The van der Waals surface area contributed by atoms with E-state index < -0.39 is 0 Å². The molecule has 0 radical (unpaired) electrons. The first-order valence-electron chi connectivity index (χ1n) is 7.03. The van der Waals surface area contributed by atoms with Crippen LogP contribution in [-0.2, 0) is 11.2 Å². The molecule has 2 heterocycles. The van der Waals surface area contributed by atoms with Crippen molar-refractivity contribution in [2.24, 2.45) is 0 Å². The van der Waals surface area contributed by atoms with Crippen molar-refractivity contribution in [3.05, 3.63) is 36.2 Å². The fourth-order valence-electron chi connectivity index (χ4n) is 2.52. The number of likely N-dealkylation sites (N-methyl/N-ethyl adjacent to an activating group) is 1. The summed E-state index contributed by atoms with van der Waals surface area (Å²) in [5.74, 6) is 0.152. The second kappa shape index (κ2) is 7.33. The highest BCUT2D eigenvalue weighted by Crippen LogP contribution is 2.12. The van der Waals surface area contributed by atoms with Gasteiger partial charge in [0.05, 0.1) is 12.1 Å². The minimum absolute atomic E-state index is 0. The topological polar surface area (TPSA) is 75.9 Å². The quantitative estimate of drug-likeness (QED) is 0.884. The van der Waals surface area contributed by atoms with E-state index >= 15 is 0 Å². The Balaban J connectivity index is 0.00000176. The Labute approximate surface area is 135 Å². The van der Waals surface area contributed by atoms with E-state index in [2.05, 4.69) is 20.8 Å². The number of carbonyl (C=O) groups excluding carboxylic acids is 1. The molecule has 1 saturated heterocycles. The van der Waals surface area contributed by atoms with Crippen molar-refractivity contribution in [1.29, 1.82) is 0 Å². The predicted octanol–water partition coefficient (Wildman–Crippen LogP) is 0.447. The molecule has 1 fully saturated rings. The molecule has 1 N–H and O–H groups in total. The average molecular weight is 323 g/mol. The van der Waals surface area contributed by atoms with Gasteiger partial charge in [0.15, 0.2) is 0 Å². The number of aromatic nitrogens is 4. The fourth-order valence-corrected chi connectivity index (χ4v) is 2.52. The lowest BCUT2D eigenvalue weighted by Crippen LogP contribution is -2.39. The molecule has 22 heavy (non-hydrogen) atoms. The molecule has 118 valence electrons. The standard InChI is InChI=1S/C14H18N6O.ClH/c1-19(13-6-7-15-9-13)14(21)8-11-2-4-12(5-3-11)20-10-16-17-18-20;/h2-5,10,13,15H,6-9H2,1H3;1H. The smallest absolute Gasteiger partial charge is 0.227 e. The maximum atomic E-state index is 12.3. The Hall–Kier alpha value is -1.99. The SMILES string of the molecule is CN(C(=O)Cc1ccc(-n2cnnn2)cc1)C1CCNC1.Cl. The second-order valence-electron chi connectivity index (χ2n) is 5.25. The molecule has 0 bridgehead atoms. The summed E-state index contributed by atoms with van der Waals surface area (Å²) in [5, 5.41) is 14.3. The zero-order chi connectivity index (χ0) is 14.7. The molecule has 1 unspecified atom stereocenters. The zero-order valence-corrected chi connectivity index (χ0v) is 13.2. The molecule has 1 aromatic heterocycles. The summed E-state index contributed by atoms with van der Waals surface area (Å²) in [6.07, 6.45) is 2.99. The Morgan fingerprint density at radius 3 is 2.77 bits per heavy atom. The van der Waals surface area contributed by atoms with Crippen molar-refractivity contribution in [2.75, 3.05) is 20.1 Å². The van der Waals surface area contributed by atoms with Crippen LogP contribution in [0.3, 0.4) is 0 Å². The van der Waals surface area contributed by atoms with Crippen LogP contribution >= 0.6 is 12.4 Å². The molecule has 0 spiro atoms. The molecule has 1 atom stereocenters. The first kappa shape index (κ1) is 16.4. The lowest BCUT2D eigenvalue weighted by atomic mass is 10.1. The van der Waals surface area contributed by atoms with Gasteiger partial charge in [0.25, 0.3) is 0 Å². The third kappa shape index (κ3) is 3.61. The minimum atomic E-state index is 0. The van der Waals surface area contributed by atoms with E-state index in [1.165, 1.54) is 0 Å². The molecule has 1 aromatic carbocycles. The summed E-state index contributed by atoms with van der Waals surface area (Å²) in [5.41, 5.74) is 1.87. The summed E-state index contributed by atoms with van der Waals surface area (Å²) >= 11 is 0.